The second-order valence-corrected chi connectivity index (χ2v) is 4.93. The molecule has 1 heterocycles. The van der Waals surface area contributed by atoms with Gasteiger partial charge in [0.1, 0.15) is 6.04 Å². The highest BCUT2D eigenvalue weighted by Gasteiger charge is 2.48. The van der Waals surface area contributed by atoms with Crippen LogP contribution in [0.1, 0.15) is 33.1 Å². The number of hydrogen-bond donors (Lipinski definition) is 1. The summed E-state index contributed by atoms with van der Waals surface area (Å²) in [6, 6.07) is 0.157. The first-order chi connectivity index (χ1) is 6.61. The van der Waals surface area contributed by atoms with E-state index in [9.17, 15) is 9.90 Å². The van der Waals surface area contributed by atoms with Crippen LogP contribution in [0.15, 0.2) is 0 Å². The van der Waals surface area contributed by atoms with Crippen LogP contribution in [0.2, 0.25) is 0 Å². The van der Waals surface area contributed by atoms with E-state index in [1.54, 1.807) is 0 Å². The standard InChI is InChI=1S/C11H19NO2/c1-7(2)12-6-8-4-3-5-9(8)10(12)11(13)14/h7-10H,3-6H2,1-2H3,(H,13,14). The summed E-state index contributed by atoms with van der Waals surface area (Å²) in [5.74, 6) is 0.460. The molecule has 2 fully saturated rings. The minimum Gasteiger partial charge on any atom is -0.480 e. The summed E-state index contributed by atoms with van der Waals surface area (Å²) >= 11 is 0. The van der Waals surface area contributed by atoms with Crippen molar-refractivity contribution in [2.45, 2.75) is 45.2 Å². The summed E-state index contributed by atoms with van der Waals surface area (Å²) in [5.41, 5.74) is 0. The molecular formula is C11H19NO2. The summed E-state index contributed by atoms with van der Waals surface area (Å²) < 4.78 is 0. The van der Waals surface area contributed by atoms with E-state index in [4.69, 9.17) is 0 Å². The quantitative estimate of drug-likeness (QED) is 0.730. The largest absolute Gasteiger partial charge is 0.480 e. The van der Waals surface area contributed by atoms with Gasteiger partial charge in [-0.25, -0.2) is 0 Å². The first kappa shape index (κ1) is 9.97. The summed E-state index contributed by atoms with van der Waals surface area (Å²) in [4.78, 5) is 13.4. The Morgan fingerprint density at radius 2 is 2.14 bits per heavy atom. The van der Waals surface area contributed by atoms with Crippen molar-refractivity contribution < 1.29 is 9.90 Å². The van der Waals surface area contributed by atoms with E-state index in [1.165, 1.54) is 12.8 Å². The Hall–Kier alpha value is -0.570. The zero-order valence-electron chi connectivity index (χ0n) is 8.94. The summed E-state index contributed by atoms with van der Waals surface area (Å²) in [6.45, 7) is 5.19. The van der Waals surface area contributed by atoms with Crippen molar-refractivity contribution >= 4 is 5.97 Å². The Balaban J connectivity index is 2.17. The Morgan fingerprint density at radius 1 is 1.43 bits per heavy atom. The predicted octanol–water partition coefficient (Wildman–Crippen LogP) is 1.58. The highest BCUT2D eigenvalue weighted by Crippen LogP contribution is 2.42. The van der Waals surface area contributed by atoms with Crippen molar-refractivity contribution in [3.8, 4) is 0 Å². The molecule has 0 bridgehead atoms. The molecular weight excluding hydrogens is 178 g/mol. The average molecular weight is 197 g/mol. The molecule has 0 spiro atoms. The van der Waals surface area contributed by atoms with Gasteiger partial charge in [-0.1, -0.05) is 6.42 Å². The molecule has 1 saturated heterocycles. The van der Waals surface area contributed by atoms with Crippen LogP contribution in [0.25, 0.3) is 0 Å². The number of rotatable bonds is 2. The van der Waals surface area contributed by atoms with Gasteiger partial charge in [-0.3, -0.25) is 9.69 Å². The van der Waals surface area contributed by atoms with E-state index in [1.807, 2.05) is 0 Å². The first-order valence-electron chi connectivity index (χ1n) is 5.60. The second kappa shape index (κ2) is 3.54. The topological polar surface area (TPSA) is 40.5 Å². The van der Waals surface area contributed by atoms with Gasteiger partial charge in [-0.15, -0.1) is 0 Å². The number of hydrogen-bond acceptors (Lipinski definition) is 2. The molecule has 80 valence electrons. The SMILES string of the molecule is CC(C)N1CC2CCCC2C1C(=O)O. The number of carboxylic acids is 1. The van der Waals surface area contributed by atoms with Crippen LogP contribution in [-0.4, -0.2) is 34.6 Å². The van der Waals surface area contributed by atoms with Crippen molar-refractivity contribution in [2.24, 2.45) is 11.8 Å². The minimum atomic E-state index is -0.617. The minimum absolute atomic E-state index is 0.206. The van der Waals surface area contributed by atoms with E-state index >= 15 is 0 Å². The monoisotopic (exact) mass is 197 g/mol. The molecule has 1 aliphatic heterocycles. The lowest BCUT2D eigenvalue weighted by Gasteiger charge is -2.27. The molecule has 2 rings (SSSR count). The van der Waals surface area contributed by atoms with Gasteiger partial charge in [0, 0.05) is 12.6 Å². The lowest BCUT2D eigenvalue weighted by atomic mass is 9.94. The lowest BCUT2D eigenvalue weighted by Crippen LogP contribution is -2.43. The highest BCUT2D eigenvalue weighted by atomic mass is 16.4. The second-order valence-electron chi connectivity index (χ2n) is 4.93. The fraction of sp³-hybridized carbons (Fsp3) is 0.909. The summed E-state index contributed by atoms with van der Waals surface area (Å²) in [7, 11) is 0. The molecule has 1 saturated carbocycles. The predicted molar refractivity (Wildman–Crippen MR) is 54.1 cm³/mol. The zero-order valence-corrected chi connectivity index (χ0v) is 8.94. The van der Waals surface area contributed by atoms with E-state index < -0.39 is 5.97 Å². The van der Waals surface area contributed by atoms with Gasteiger partial charge in [-0.2, -0.15) is 0 Å². The van der Waals surface area contributed by atoms with Gasteiger partial charge in [0.05, 0.1) is 0 Å². The van der Waals surface area contributed by atoms with Gasteiger partial charge in [-0.05, 0) is 38.5 Å². The van der Waals surface area contributed by atoms with Crippen LogP contribution >= 0.6 is 0 Å². The maximum absolute atomic E-state index is 11.2. The maximum Gasteiger partial charge on any atom is 0.321 e. The molecule has 2 aliphatic rings. The Labute approximate surface area is 85.1 Å². The molecule has 3 unspecified atom stereocenters. The number of likely N-dealkylation sites (tertiary alicyclic amines) is 1. The fourth-order valence-corrected chi connectivity index (χ4v) is 3.20. The molecule has 0 aromatic rings. The van der Waals surface area contributed by atoms with E-state index in [-0.39, 0.29) is 6.04 Å². The molecule has 0 aromatic carbocycles. The number of carboxylic acid groups (broad SMARTS) is 1. The normalized spacial score (nSPS) is 37.8. The van der Waals surface area contributed by atoms with Gasteiger partial charge < -0.3 is 5.11 Å². The third kappa shape index (κ3) is 1.44. The van der Waals surface area contributed by atoms with Gasteiger partial charge >= 0.3 is 5.97 Å². The zero-order chi connectivity index (χ0) is 10.3. The molecule has 1 aliphatic carbocycles. The van der Waals surface area contributed by atoms with Crippen molar-refractivity contribution in [3.05, 3.63) is 0 Å². The van der Waals surface area contributed by atoms with Crippen LogP contribution in [0.4, 0.5) is 0 Å². The number of aliphatic carboxylic acids is 1. The number of carbonyl (C=O) groups is 1. The third-order valence-electron chi connectivity index (χ3n) is 3.84. The summed E-state index contributed by atoms with van der Waals surface area (Å²) in [5, 5.41) is 9.24. The molecule has 0 radical (unpaired) electrons. The van der Waals surface area contributed by atoms with Crippen LogP contribution in [0, 0.1) is 11.8 Å². The number of nitrogens with zero attached hydrogens (tertiary/aromatic N) is 1. The van der Waals surface area contributed by atoms with Crippen molar-refractivity contribution in [1.29, 1.82) is 0 Å². The first-order valence-corrected chi connectivity index (χ1v) is 5.60. The average Bonchev–Trinajstić information content (AvgIpc) is 2.58. The van der Waals surface area contributed by atoms with Gasteiger partial charge in [0.25, 0.3) is 0 Å². The van der Waals surface area contributed by atoms with Crippen molar-refractivity contribution in [2.75, 3.05) is 6.54 Å². The van der Waals surface area contributed by atoms with E-state index in [0.717, 1.165) is 13.0 Å². The molecule has 0 aromatic heterocycles. The van der Waals surface area contributed by atoms with Crippen molar-refractivity contribution in [3.63, 3.8) is 0 Å². The summed E-state index contributed by atoms with van der Waals surface area (Å²) in [6.07, 6.45) is 3.58. The molecule has 3 nitrogen and oxygen atoms in total. The van der Waals surface area contributed by atoms with E-state index in [2.05, 4.69) is 18.7 Å². The molecule has 3 atom stereocenters. The Bertz CT molecular complexity index is 239. The maximum atomic E-state index is 11.2. The Morgan fingerprint density at radius 3 is 2.71 bits per heavy atom. The van der Waals surface area contributed by atoms with Crippen LogP contribution in [0.5, 0.6) is 0 Å². The lowest BCUT2D eigenvalue weighted by molar-refractivity contribution is -0.144. The fourth-order valence-electron chi connectivity index (χ4n) is 3.20. The third-order valence-corrected chi connectivity index (χ3v) is 3.84. The molecule has 1 N–H and O–H groups in total. The van der Waals surface area contributed by atoms with Crippen LogP contribution < -0.4 is 0 Å². The molecule has 0 amide bonds. The van der Waals surface area contributed by atoms with E-state index in [0.29, 0.717) is 17.9 Å². The Kier molecular flexibility index (Phi) is 2.52. The van der Waals surface area contributed by atoms with Crippen LogP contribution in [0.3, 0.4) is 0 Å². The van der Waals surface area contributed by atoms with Gasteiger partial charge in [0.2, 0.25) is 0 Å². The highest BCUT2D eigenvalue weighted by molar-refractivity contribution is 5.74. The smallest absolute Gasteiger partial charge is 0.321 e. The molecule has 14 heavy (non-hydrogen) atoms. The van der Waals surface area contributed by atoms with Crippen LogP contribution in [-0.2, 0) is 4.79 Å². The number of fused-ring (bicyclic) bond motifs is 1. The molecule has 3 heteroatoms. The van der Waals surface area contributed by atoms with Gasteiger partial charge in [0.15, 0.2) is 0 Å². The van der Waals surface area contributed by atoms with Crippen molar-refractivity contribution in [1.82, 2.24) is 4.90 Å².